The maximum atomic E-state index is 13.0. The Kier molecular flexibility index (Phi) is 6.24. The fraction of sp³-hybridized carbons (Fsp3) is 0.200. The summed E-state index contributed by atoms with van der Waals surface area (Å²) in [4.78, 5) is 15.1. The van der Waals surface area contributed by atoms with E-state index >= 15 is 0 Å². The molecule has 1 fully saturated rings. The summed E-state index contributed by atoms with van der Waals surface area (Å²) in [7, 11) is 1.59. The van der Waals surface area contributed by atoms with Gasteiger partial charge in [0.2, 0.25) is 0 Å². The van der Waals surface area contributed by atoms with Gasteiger partial charge < -0.3 is 9.47 Å². The van der Waals surface area contributed by atoms with Crippen molar-refractivity contribution in [2.24, 2.45) is 0 Å². The van der Waals surface area contributed by atoms with Crippen LogP contribution in [0.4, 0.5) is 5.69 Å². The lowest BCUT2D eigenvalue weighted by molar-refractivity contribution is -0.113. The number of halogens is 1. The second-order valence-corrected chi connectivity index (χ2v) is 8.30. The number of carbonyl (C=O) groups excluding carboxylic acids is 1. The Bertz CT molecular complexity index is 943. The summed E-state index contributed by atoms with van der Waals surface area (Å²) < 4.78 is 12.3. The van der Waals surface area contributed by atoms with Gasteiger partial charge in [-0.15, -0.1) is 0 Å². The first-order valence-corrected chi connectivity index (χ1v) is 10.3. The molecule has 3 rings (SSSR count). The van der Waals surface area contributed by atoms with E-state index in [1.54, 1.807) is 12.0 Å². The lowest BCUT2D eigenvalue weighted by atomic mass is 10.1. The topological polar surface area (TPSA) is 38.8 Å². The molecule has 1 aliphatic rings. The van der Waals surface area contributed by atoms with Crippen molar-refractivity contribution in [2.45, 2.75) is 13.8 Å². The summed E-state index contributed by atoms with van der Waals surface area (Å²) in [6, 6.07) is 11.5. The van der Waals surface area contributed by atoms with Crippen molar-refractivity contribution >= 4 is 61.9 Å². The maximum absolute atomic E-state index is 13.0. The van der Waals surface area contributed by atoms with Crippen LogP contribution in [0.2, 0.25) is 0 Å². The molecule has 27 heavy (non-hydrogen) atoms. The number of anilines is 1. The van der Waals surface area contributed by atoms with Crippen molar-refractivity contribution in [1.82, 2.24) is 0 Å². The highest BCUT2D eigenvalue weighted by Crippen LogP contribution is 2.40. The molecule has 7 heteroatoms. The molecule has 0 unspecified atom stereocenters. The number of methoxy groups -OCH3 is 1. The standard InChI is InChI=1S/C20H18BrNO3S2/c1-4-25-16-10-13(9-14(21)18(16)24-3)11-17-19(23)22(20(26)27-17)15-8-6-5-7-12(15)2/h5-11H,4H2,1-3H3/b17-11+. The summed E-state index contributed by atoms with van der Waals surface area (Å²) in [5.41, 5.74) is 2.64. The van der Waals surface area contributed by atoms with Gasteiger partial charge in [0, 0.05) is 0 Å². The third kappa shape index (κ3) is 4.05. The first kappa shape index (κ1) is 19.9. The van der Waals surface area contributed by atoms with Crippen LogP contribution in [-0.2, 0) is 4.79 Å². The van der Waals surface area contributed by atoms with Crippen molar-refractivity contribution in [3.63, 3.8) is 0 Å². The van der Waals surface area contributed by atoms with Gasteiger partial charge in [0.05, 0.1) is 28.8 Å². The molecule has 4 nitrogen and oxygen atoms in total. The Morgan fingerprint density at radius 3 is 2.70 bits per heavy atom. The van der Waals surface area contributed by atoms with Crippen molar-refractivity contribution in [2.75, 3.05) is 18.6 Å². The van der Waals surface area contributed by atoms with Gasteiger partial charge in [-0.1, -0.05) is 42.2 Å². The van der Waals surface area contributed by atoms with Gasteiger partial charge in [0.25, 0.3) is 5.91 Å². The number of amides is 1. The van der Waals surface area contributed by atoms with Crippen LogP contribution < -0.4 is 14.4 Å². The second kappa shape index (κ2) is 8.46. The van der Waals surface area contributed by atoms with E-state index in [2.05, 4.69) is 15.9 Å². The molecule has 0 atom stereocenters. The highest BCUT2D eigenvalue weighted by Gasteiger charge is 2.34. The molecule has 0 bridgehead atoms. The maximum Gasteiger partial charge on any atom is 0.270 e. The number of benzene rings is 2. The van der Waals surface area contributed by atoms with Crippen molar-refractivity contribution < 1.29 is 14.3 Å². The highest BCUT2D eigenvalue weighted by molar-refractivity contribution is 9.10. The minimum atomic E-state index is -0.121. The van der Waals surface area contributed by atoms with Crippen LogP contribution in [0.15, 0.2) is 45.8 Å². The lowest BCUT2D eigenvalue weighted by Gasteiger charge is -2.16. The van der Waals surface area contributed by atoms with E-state index in [0.717, 1.165) is 21.3 Å². The van der Waals surface area contributed by atoms with Crippen molar-refractivity contribution in [1.29, 1.82) is 0 Å². The number of thiocarbonyl (C=S) groups is 1. The molecular weight excluding hydrogens is 446 g/mol. The van der Waals surface area contributed by atoms with Crippen LogP contribution in [-0.4, -0.2) is 23.9 Å². The van der Waals surface area contributed by atoms with Crippen LogP contribution >= 0.6 is 39.9 Å². The lowest BCUT2D eigenvalue weighted by Crippen LogP contribution is -2.28. The van der Waals surface area contributed by atoms with E-state index in [9.17, 15) is 4.79 Å². The predicted octanol–water partition coefficient (Wildman–Crippen LogP) is 5.57. The van der Waals surface area contributed by atoms with Crippen molar-refractivity contribution in [3.05, 3.63) is 56.9 Å². The van der Waals surface area contributed by atoms with Gasteiger partial charge in [0.1, 0.15) is 0 Å². The average Bonchev–Trinajstić information content (AvgIpc) is 2.89. The molecule has 2 aromatic carbocycles. The zero-order chi connectivity index (χ0) is 19.6. The quantitative estimate of drug-likeness (QED) is 0.427. The van der Waals surface area contributed by atoms with Crippen LogP contribution in [0, 0.1) is 6.92 Å². The van der Waals surface area contributed by atoms with Crippen molar-refractivity contribution in [3.8, 4) is 11.5 Å². The fourth-order valence-corrected chi connectivity index (χ4v) is 4.68. The Balaban J connectivity index is 1.98. The molecule has 0 aliphatic carbocycles. The summed E-state index contributed by atoms with van der Waals surface area (Å²) in [5.74, 6) is 1.13. The Hall–Kier alpha value is -1.83. The van der Waals surface area contributed by atoms with Gasteiger partial charge in [-0.05, 0) is 65.2 Å². The zero-order valence-electron chi connectivity index (χ0n) is 15.1. The number of hydrogen-bond acceptors (Lipinski definition) is 5. The fourth-order valence-electron chi connectivity index (χ4n) is 2.77. The number of ether oxygens (including phenoxy) is 2. The molecule has 1 saturated heterocycles. The van der Waals surface area contributed by atoms with E-state index < -0.39 is 0 Å². The van der Waals surface area contributed by atoms with Crippen LogP contribution in [0.5, 0.6) is 11.5 Å². The van der Waals surface area contributed by atoms with Gasteiger partial charge in [-0.25, -0.2) is 0 Å². The smallest absolute Gasteiger partial charge is 0.270 e. The normalized spacial score (nSPS) is 15.6. The number of para-hydroxylation sites is 1. The summed E-state index contributed by atoms with van der Waals surface area (Å²) in [6.45, 7) is 4.39. The summed E-state index contributed by atoms with van der Waals surface area (Å²) in [5, 5.41) is 0. The highest BCUT2D eigenvalue weighted by atomic mass is 79.9. The van der Waals surface area contributed by atoms with E-state index in [0.29, 0.717) is 27.3 Å². The zero-order valence-corrected chi connectivity index (χ0v) is 18.3. The third-order valence-corrected chi connectivity index (χ3v) is 5.87. The minimum absolute atomic E-state index is 0.121. The predicted molar refractivity (Wildman–Crippen MR) is 119 cm³/mol. The third-order valence-electron chi connectivity index (χ3n) is 3.98. The number of thioether (sulfide) groups is 1. The number of carbonyl (C=O) groups is 1. The molecule has 0 aromatic heterocycles. The number of rotatable bonds is 5. The number of aryl methyl sites for hydroxylation is 1. The van der Waals surface area contributed by atoms with Gasteiger partial charge in [-0.3, -0.25) is 9.69 Å². The summed E-state index contributed by atoms with van der Waals surface area (Å²) >= 11 is 10.3. The molecule has 2 aromatic rings. The average molecular weight is 464 g/mol. The van der Waals surface area contributed by atoms with Crippen LogP contribution in [0.25, 0.3) is 6.08 Å². The molecule has 1 amide bonds. The van der Waals surface area contributed by atoms with Gasteiger partial charge in [-0.2, -0.15) is 0 Å². The van der Waals surface area contributed by atoms with E-state index in [4.69, 9.17) is 21.7 Å². The molecule has 0 spiro atoms. The monoisotopic (exact) mass is 463 g/mol. The summed E-state index contributed by atoms with van der Waals surface area (Å²) in [6.07, 6.45) is 1.82. The van der Waals surface area contributed by atoms with Crippen LogP contribution in [0.1, 0.15) is 18.1 Å². The SMILES string of the molecule is CCOc1cc(/C=C2/SC(=S)N(c3ccccc3C)C2=O)cc(Br)c1OC. The van der Waals surface area contributed by atoms with Crippen LogP contribution in [0.3, 0.4) is 0 Å². The van der Waals surface area contributed by atoms with E-state index in [-0.39, 0.29) is 5.91 Å². The van der Waals surface area contributed by atoms with Gasteiger partial charge in [0.15, 0.2) is 15.8 Å². The first-order chi connectivity index (χ1) is 13.0. The Labute approximate surface area is 176 Å². The number of hydrogen-bond donors (Lipinski definition) is 0. The largest absolute Gasteiger partial charge is 0.492 e. The van der Waals surface area contributed by atoms with Gasteiger partial charge >= 0.3 is 0 Å². The van der Waals surface area contributed by atoms with E-state index in [1.807, 2.05) is 56.3 Å². The molecule has 0 radical (unpaired) electrons. The number of nitrogens with zero attached hydrogens (tertiary/aromatic N) is 1. The molecule has 0 saturated carbocycles. The Morgan fingerprint density at radius 2 is 2.04 bits per heavy atom. The molecule has 1 aliphatic heterocycles. The first-order valence-electron chi connectivity index (χ1n) is 8.30. The molecule has 1 heterocycles. The second-order valence-electron chi connectivity index (χ2n) is 5.77. The Morgan fingerprint density at radius 1 is 1.30 bits per heavy atom. The minimum Gasteiger partial charge on any atom is -0.492 e. The molecule has 0 N–H and O–H groups in total. The molecule has 140 valence electrons. The molecular formula is C20H18BrNO3S2. The van der Waals surface area contributed by atoms with E-state index in [1.165, 1.54) is 11.8 Å².